The molecule has 0 spiro atoms. The van der Waals surface area contributed by atoms with Crippen LogP contribution in [0.4, 0.5) is 16.2 Å². The number of aromatic nitrogens is 1. The third-order valence-corrected chi connectivity index (χ3v) is 5.55. The molecular weight excluding hydrogens is 370 g/mol. The minimum atomic E-state index is -0.545. The molecule has 0 saturated carbocycles. The van der Waals surface area contributed by atoms with E-state index >= 15 is 0 Å². The second-order valence-corrected chi connectivity index (χ2v) is 7.58. The summed E-state index contributed by atoms with van der Waals surface area (Å²) in [5.41, 5.74) is 1.77. The fourth-order valence-electron chi connectivity index (χ4n) is 4.25. The van der Waals surface area contributed by atoms with Crippen molar-refractivity contribution in [2.45, 2.75) is 25.8 Å². The van der Waals surface area contributed by atoms with E-state index in [1.54, 1.807) is 41.8 Å². The summed E-state index contributed by atoms with van der Waals surface area (Å²) in [5, 5.41) is 14.2. The van der Waals surface area contributed by atoms with Gasteiger partial charge in [0.2, 0.25) is 5.91 Å². The highest BCUT2D eigenvalue weighted by Gasteiger charge is 2.35. The van der Waals surface area contributed by atoms with Gasteiger partial charge in [-0.25, -0.2) is 4.79 Å². The van der Waals surface area contributed by atoms with Gasteiger partial charge in [-0.15, -0.1) is 0 Å². The Morgan fingerprint density at radius 2 is 1.97 bits per heavy atom. The van der Waals surface area contributed by atoms with Crippen LogP contribution >= 0.6 is 0 Å². The van der Waals surface area contributed by atoms with Crippen molar-refractivity contribution in [3.05, 3.63) is 58.0 Å². The lowest BCUT2D eigenvalue weighted by atomic mass is 9.83. The molecule has 2 aliphatic rings. The number of carbonyl (C=O) groups excluding carboxylic acids is 2. The Morgan fingerprint density at radius 1 is 1.14 bits per heavy atom. The van der Waals surface area contributed by atoms with Crippen LogP contribution in [0.3, 0.4) is 0 Å². The molecule has 1 aromatic heterocycles. The fourth-order valence-corrected chi connectivity index (χ4v) is 4.25. The van der Waals surface area contributed by atoms with Crippen LogP contribution in [0.15, 0.2) is 41.2 Å². The highest BCUT2D eigenvalue weighted by atomic mass is 16.2. The van der Waals surface area contributed by atoms with Crippen LogP contribution in [-0.2, 0) is 11.3 Å². The van der Waals surface area contributed by atoms with Gasteiger partial charge in [-0.1, -0.05) is 6.07 Å². The molecule has 148 valence electrons. The Balaban J connectivity index is 1.53. The number of anilines is 2. The van der Waals surface area contributed by atoms with E-state index in [2.05, 4.69) is 10.6 Å². The molecule has 3 heterocycles. The van der Waals surface area contributed by atoms with Crippen molar-refractivity contribution in [2.75, 3.05) is 23.7 Å². The fraction of sp³-hybridized carbons (Fsp3) is 0.333. The summed E-state index contributed by atoms with van der Waals surface area (Å²) in [7, 11) is 0. The van der Waals surface area contributed by atoms with Gasteiger partial charge in [0.15, 0.2) is 0 Å². The van der Waals surface area contributed by atoms with Gasteiger partial charge in [0, 0.05) is 43.9 Å². The minimum absolute atomic E-state index is 0.0610. The number of pyridine rings is 1. The average molecular weight is 391 g/mol. The van der Waals surface area contributed by atoms with Crippen molar-refractivity contribution in [1.29, 1.82) is 5.26 Å². The van der Waals surface area contributed by atoms with E-state index in [1.165, 1.54) is 0 Å². The Hall–Kier alpha value is -3.60. The second-order valence-electron chi connectivity index (χ2n) is 7.58. The van der Waals surface area contributed by atoms with Crippen LogP contribution in [0, 0.1) is 17.2 Å². The summed E-state index contributed by atoms with van der Waals surface area (Å²) in [5.74, 6) is 0.433. The first-order valence-electron chi connectivity index (χ1n) is 9.52. The number of rotatable bonds is 2. The van der Waals surface area contributed by atoms with E-state index in [9.17, 15) is 14.4 Å². The smallest absolute Gasteiger partial charge is 0.323 e. The van der Waals surface area contributed by atoms with Gasteiger partial charge in [-0.2, -0.15) is 5.26 Å². The van der Waals surface area contributed by atoms with Gasteiger partial charge < -0.3 is 20.1 Å². The first-order chi connectivity index (χ1) is 13.9. The highest BCUT2D eigenvalue weighted by molar-refractivity contribution is 5.99. The molecule has 0 radical (unpaired) electrons. The maximum atomic E-state index is 12.9. The van der Waals surface area contributed by atoms with E-state index in [0.717, 1.165) is 12.1 Å². The lowest BCUT2D eigenvalue weighted by molar-refractivity contribution is -0.131. The molecule has 2 bridgehead atoms. The first kappa shape index (κ1) is 18.7. The Morgan fingerprint density at radius 3 is 2.72 bits per heavy atom. The number of amides is 3. The lowest BCUT2D eigenvalue weighted by Gasteiger charge is -2.42. The number of piperidine rings is 1. The van der Waals surface area contributed by atoms with Crippen LogP contribution in [-0.4, -0.2) is 34.5 Å². The Kier molecular flexibility index (Phi) is 4.80. The van der Waals surface area contributed by atoms with Gasteiger partial charge >= 0.3 is 6.03 Å². The van der Waals surface area contributed by atoms with Crippen LogP contribution in [0.25, 0.3) is 0 Å². The number of fused-ring (bicyclic) bond motifs is 4. The largest absolute Gasteiger partial charge is 0.342 e. The van der Waals surface area contributed by atoms with Crippen LogP contribution in [0.5, 0.6) is 0 Å². The van der Waals surface area contributed by atoms with Gasteiger partial charge in [0.1, 0.15) is 5.69 Å². The van der Waals surface area contributed by atoms with E-state index in [4.69, 9.17) is 5.26 Å². The van der Waals surface area contributed by atoms with Crippen LogP contribution in [0.2, 0.25) is 0 Å². The second kappa shape index (κ2) is 7.43. The zero-order valence-electron chi connectivity index (χ0n) is 16.0. The molecule has 8 heteroatoms. The number of hydrogen-bond donors (Lipinski definition) is 2. The standard InChI is InChI=1S/C21H21N5O3/c1-13(27)25-10-15-7-16(12-25)19-6-5-18(20(28)26(19)11-15)24-21(29)23-17-4-2-3-14(8-17)9-22/h2-6,8,15-16H,7,10-12H2,1H3,(H2,23,24,29)/t15-,16+/m1/s1. The van der Waals surface area contributed by atoms with Crippen molar-refractivity contribution in [3.8, 4) is 6.07 Å². The van der Waals surface area contributed by atoms with E-state index in [0.29, 0.717) is 30.9 Å². The van der Waals surface area contributed by atoms with Gasteiger partial charge in [-0.3, -0.25) is 9.59 Å². The van der Waals surface area contributed by atoms with Gasteiger partial charge in [0.25, 0.3) is 5.56 Å². The highest BCUT2D eigenvalue weighted by Crippen LogP contribution is 2.35. The summed E-state index contributed by atoms with van der Waals surface area (Å²) >= 11 is 0. The third-order valence-electron chi connectivity index (χ3n) is 5.55. The molecule has 0 unspecified atom stereocenters. The number of benzene rings is 1. The number of nitriles is 1. The summed E-state index contributed by atoms with van der Waals surface area (Å²) in [6.45, 7) is 3.39. The predicted molar refractivity (Wildman–Crippen MR) is 108 cm³/mol. The topological polar surface area (TPSA) is 107 Å². The lowest BCUT2D eigenvalue weighted by Crippen LogP contribution is -2.48. The molecule has 2 aromatic rings. The maximum absolute atomic E-state index is 12.9. The summed E-state index contributed by atoms with van der Waals surface area (Å²) in [4.78, 5) is 38.9. The number of likely N-dealkylation sites (tertiary alicyclic amines) is 1. The molecule has 1 saturated heterocycles. The number of urea groups is 1. The molecule has 0 aliphatic carbocycles. The van der Waals surface area contributed by atoms with Crippen molar-refractivity contribution in [2.24, 2.45) is 5.92 Å². The van der Waals surface area contributed by atoms with E-state index in [-0.39, 0.29) is 29.0 Å². The number of carbonyl (C=O) groups is 2. The molecule has 8 nitrogen and oxygen atoms in total. The van der Waals surface area contributed by atoms with Crippen LogP contribution in [0.1, 0.15) is 30.5 Å². The molecule has 1 aromatic carbocycles. The summed E-state index contributed by atoms with van der Waals surface area (Å²) < 4.78 is 1.72. The molecule has 29 heavy (non-hydrogen) atoms. The van der Waals surface area contributed by atoms with Gasteiger partial charge in [0.05, 0.1) is 11.6 Å². The first-order valence-corrected chi connectivity index (χ1v) is 9.52. The third kappa shape index (κ3) is 3.72. The normalized spacial score (nSPS) is 19.7. The zero-order chi connectivity index (χ0) is 20.5. The molecule has 2 N–H and O–H groups in total. The monoisotopic (exact) mass is 391 g/mol. The molecule has 2 atom stereocenters. The van der Waals surface area contributed by atoms with E-state index < -0.39 is 6.03 Å². The van der Waals surface area contributed by atoms with Crippen LogP contribution < -0.4 is 16.2 Å². The van der Waals surface area contributed by atoms with Crippen molar-refractivity contribution >= 4 is 23.3 Å². The van der Waals surface area contributed by atoms with E-state index in [1.807, 2.05) is 17.0 Å². The number of hydrogen-bond acceptors (Lipinski definition) is 4. The molecule has 4 rings (SSSR count). The molecule has 1 fully saturated rings. The zero-order valence-corrected chi connectivity index (χ0v) is 16.0. The van der Waals surface area contributed by atoms with Gasteiger partial charge in [-0.05, 0) is 42.7 Å². The predicted octanol–water partition coefficient (Wildman–Crippen LogP) is 2.33. The maximum Gasteiger partial charge on any atom is 0.323 e. The number of nitrogens with zero attached hydrogens (tertiary/aromatic N) is 3. The molecule has 3 amide bonds. The molecule has 2 aliphatic heterocycles. The Bertz CT molecular complexity index is 1080. The van der Waals surface area contributed by atoms with Crippen molar-refractivity contribution < 1.29 is 9.59 Å². The quantitative estimate of drug-likeness (QED) is 0.819. The Labute approximate surface area is 167 Å². The van der Waals surface area contributed by atoms with Crippen molar-refractivity contribution in [3.63, 3.8) is 0 Å². The summed E-state index contributed by atoms with van der Waals surface area (Å²) in [6.07, 6.45) is 0.964. The molecular formula is C21H21N5O3. The van der Waals surface area contributed by atoms with Crippen molar-refractivity contribution in [1.82, 2.24) is 9.47 Å². The minimum Gasteiger partial charge on any atom is -0.342 e. The number of nitrogens with one attached hydrogen (secondary N) is 2. The SMILES string of the molecule is CC(=O)N1C[C@H]2C[C@@H](C1)c1ccc(NC(=O)Nc3cccc(C#N)c3)c(=O)n1C2. The average Bonchev–Trinajstić information content (AvgIpc) is 2.70. The summed E-state index contributed by atoms with van der Waals surface area (Å²) in [6, 6.07) is 11.5.